The Labute approximate surface area is 325 Å². The van der Waals surface area contributed by atoms with Crippen molar-refractivity contribution < 1.29 is 56.8 Å². The van der Waals surface area contributed by atoms with Crippen LogP contribution < -0.4 is 0 Å². The molecule has 0 spiro atoms. The zero-order valence-corrected chi connectivity index (χ0v) is 33.9. The van der Waals surface area contributed by atoms with Crippen molar-refractivity contribution in [3.63, 3.8) is 0 Å². The second-order valence-electron chi connectivity index (χ2n) is 14.3. The van der Waals surface area contributed by atoms with Gasteiger partial charge in [-0.3, -0.25) is 14.1 Å². The van der Waals surface area contributed by atoms with Gasteiger partial charge in [-0.25, -0.2) is 0 Å². The molecule has 0 saturated carbocycles. The predicted octanol–water partition coefficient (Wildman–Crippen LogP) is 7.44. The Morgan fingerprint density at radius 3 is 1.74 bits per heavy atom. The minimum absolute atomic E-state index is 0.147. The molecule has 0 aromatic carbocycles. The molecule has 1 rings (SSSR count). The van der Waals surface area contributed by atoms with E-state index in [4.69, 9.17) is 18.9 Å². The van der Waals surface area contributed by atoms with Gasteiger partial charge < -0.3 is 34.3 Å². The second-order valence-corrected chi connectivity index (χ2v) is 15.8. The van der Waals surface area contributed by atoms with Crippen LogP contribution in [-0.2, 0) is 38.7 Å². The number of rotatable bonds is 33. The van der Waals surface area contributed by atoms with Crippen molar-refractivity contribution in [3.05, 3.63) is 36.5 Å². The number of carbonyl (C=O) groups is 2. The van der Waals surface area contributed by atoms with Gasteiger partial charge in [-0.1, -0.05) is 115 Å². The van der Waals surface area contributed by atoms with Gasteiger partial charge in [0.25, 0.3) is 10.1 Å². The van der Waals surface area contributed by atoms with Crippen LogP contribution in [0.15, 0.2) is 36.5 Å². The molecule has 13 heteroatoms. The quantitative estimate of drug-likeness (QED) is 0.0223. The fraction of sp³-hybridized carbons (Fsp3) is 0.805. The summed E-state index contributed by atoms with van der Waals surface area (Å²) in [4.78, 5) is 25.2. The lowest BCUT2D eigenvalue weighted by Crippen LogP contribution is -2.60. The summed E-state index contributed by atoms with van der Waals surface area (Å²) in [5, 5.41) is 30.8. The van der Waals surface area contributed by atoms with Crippen LogP contribution in [0.2, 0.25) is 0 Å². The summed E-state index contributed by atoms with van der Waals surface area (Å²) in [6.45, 7) is 3.65. The van der Waals surface area contributed by atoms with E-state index in [1.165, 1.54) is 51.4 Å². The lowest BCUT2D eigenvalue weighted by atomic mass is 10.00. The molecular formula is C41H72O12S. The number of allylic oxidation sites excluding steroid dienone is 6. The van der Waals surface area contributed by atoms with Crippen molar-refractivity contribution in [2.24, 2.45) is 0 Å². The van der Waals surface area contributed by atoms with Crippen LogP contribution in [0.3, 0.4) is 0 Å². The van der Waals surface area contributed by atoms with Gasteiger partial charge in [0.2, 0.25) is 0 Å². The highest BCUT2D eigenvalue weighted by atomic mass is 32.2. The lowest BCUT2D eigenvalue weighted by Gasteiger charge is -2.40. The summed E-state index contributed by atoms with van der Waals surface area (Å²) in [7, 11) is -4.60. The first-order valence-electron chi connectivity index (χ1n) is 20.5. The fourth-order valence-corrected chi connectivity index (χ4v) is 6.61. The van der Waals surface area contributed by atoms with Gasteiger partial charge in [-0.2, -0.15) is 8.42 Å². The van der Waals surface area contributed by atoms with E-state index in [1.54, 1.807) is 0 Å². The van der Waals surface area contributed by atoms with Crippen LogP contribution in [-0.4, -0.2) is 96.0 Å². The molecule has 0 aliphatic carbocycles. The van der Waals surface area contributed by atoms with E-state index in [2.05, 4.69) is 50.3 Å². The maximum absolute atomic E-state index is 12.7. The number of carbonyl (C=O) groups excluding carboxylic acids is 2. The second kappa shape index (κ2) is 32.0. The molecule has 0 aromatic rings. The first kappa shape index (κ1) is 49.9. The van der Waals surface area contributed by atoms with Gasteiger partial charge in [0, 0.05) is 12.8 Å². The lowest BCUT2D eigenvalue weighted by molar-refractivity contribution is -0.297. The number of aliphatic hydroxyl groups excluding tert-OH is 3. The number of hydrogen-bond acceptors (Lipinski definition) is 11. The van der Waals surface area contributed by atoms with E-state index >= 15 is 0 Å². The standard InChI is InChI=1S/C41H72O12S/c1-3-5-7-9-11-13-15-16-17-18-20-21-23-25-27-29-36(42)50-31-34(52-37(43)30-28-26-24-22-19-14-12-10-8-6-4-2)32-51-41-40(46)39(45)38(44)35(53-41)33-54(47,48)49/h10,12,16-17,20-21,34-35,38-41,44-46H,3-9,11,13-15,18-19,22-33H2,1-2H3,(H,47,48,49)/b12-10+,17-16+,21-20+/t34-,35-,38-,39?,40?,41+/m1/s1. The van der Waals surface area contributed by atoms with Crippen LogP contribution in [0.4, 0.5) is 0 Å². The minimum Gasteiger partial charge on any atom is -0.462 e. The predicted molar refractivity (Wildman–Crippen MR) is 210 cm³/mol. The molecule has 314 valence electrons. The van der Waals surface area contributed by atoms with Crippen molar-refractivity contribution in [1.82, 2.24) is 0 Å². The number of hydrogen-bond donors (Lipinski definition) is 4. The molecule has 1 fully saturated rings. The van der Waals surface area contributed by atoms with Gasteiger partial charge in [0.05, 0.1) is 6.61 Å². The maximum atomic E-state index is 12.7. The Bertz CT molecular complexity index is 1150. The SMILES string of the molecule is CCCC/C=C/CCCCCCCC(=O)O[C@H](COC(=O)CCCC/C=C/C/C=C/CCCCCCCC)CO[C@H]1O[C@H](CS(=O)(=O)O)[C@@H](O)C(O)C1O. The van der Waals surface area contributed by atoms with Gasteiger partial charge in [-0.05, 0) is 64.2 Å². The van der Waals surface area contributed by atoms with Crippen LogP contribution in [0.25, 0.3) is 0 Å². The fourth-order valence-electron chi connectivity index (χ4n) is 5.92. The van der Waals surface area contributed by atoms with Crippen LogP contribution in [0.1, 0.15) is 155 Å². The molecule has 1 saturated heterocycles. The van der Waals surface area contributed by atoms with E-state index in [0.717, 1.165) is 64.2 Å². The highest BCUT2D eigenvalue weighted by molar-refractivity contribution is 7.85. The van der Waals surface area contributed by atoms with Crippen LogP contribution >= 0.6 is 0 Å². The molecule has 4 N–H and O–H groups in total. The third-order valence-corrected chi connectivity index (χ3v) is 9.94. The Kier molecular flexibility index (Phi) is 29.6. The molecule has 0 radical (unpaired) electrons. The Hall–Kier alpha value is -2.13. The van der Waals surface area contributed by atoms with Crippen molar-refractivity contribution in [1.29, 1.82) is 0 Å². The summed E-state index contributed by atoms with van der Waals surface area (Å²) < 4.78 is 53.8. The zero-order chi connectivity index (χ0) is 39.9. The minimum atomic E-state index is -4.60. The summed E-state index contributed by atoms with van der Waals surface area (Å²) in [5.74, 6) is -2.04. The van der Waals surface area contributed by atoms with E-state index in [0.29, 0.717) is 12.8 Å². The van der Waals surface area contributed by atoms with Gasteiger partial charge in [0.1, 0.15) is 36.8 Å². The highest BCUT2D eigenvalue weighted by Crippen LogP contribution is 2.24. The molecule has 6 atom stereocenters. The monoisotopic (exact) mass is 788 g/mol. The van der Waals surface area contributed by atoms with Crippen LogP contribution in [0.5, 0.6) is 0 Å². The largest absolute Gasteiger partial charge is 0.462 e. The van der Waals surface area contributed by atoms with Crippen LogP contribution in [0, 0.1) is 0 Å². The molecule has 0 amide bonds. The Balaban J connectivity index is 2.52. The van der Waals surface area contributed by atoms with Crippen molar-refractivity contribution in [2.45, 2.75) is 192 Å². The number of ether oxygens (including phenoxy) is 4. The smallest absolute Gasteiger partial charge is 0.306 e. The van der Waals surface area contributed by atoms with E-state index in [9.17, 15) is 37.9 Å². The first-order chi connectivity index (χ1) is 26.0. The average Bonchev–Trinajstić information content (AvgIpc) is 3.13. The van der Waals surface area contributed by atoms with E-state index in [1.807, 2.05) is 0 Å². The summed E-state index contributed by atoms with van der Waals surface area (Å²) in [5.41, 5.74) is 0. The van der Waals surface area contributed by atoms with Crippen molar-refractivity contribution in [2.75, 3.05) is 19.0 Å². The number of esters is 2. The summed E-state index contributed by atoms with van der Waals surface area (Å²) >= 11 is 0. The number of aliphatic hydroxyl groups is 3. The highest BCUT2D eigenvalue weighted by Gasteiger charge is 2.46. The summed E-state index contributed by atoms with van der Waals surface area (Å²) in [6.07, 6.45) is 24.9. The Morgan fingerprint density at radius 2 is 1.13 bits per heavy atom. The molecular weight excluding hydrogens is 717 g/mol. The summed E-state index contributed by atoms with van der Waals surface area (Å²) in [6, 6.07) is 0. The molecule has 1 aliphatic heterocycles. The number of unbranched alkanes of at least 4 members (excludes halogenated alkanes) is 15. The van der Waals surface area contributed by atoms with Crippen molar-refractivity contribution >= 4 is 22.1 Å². The van der Waals surface area contributed by atoms with Gasteiger partial charge in [-0.15, -0.1) is 0 Å². The van der Waals surface area contributed by atoms with Gasteiger partial charge in [0.15, 0.2) is 12.4 Å². The molecule has 2 unspecified atom stereocenters. The first-order valence-corrected chi connectivity index (χ1v) is 22.2. The topological polar surface area (TPSA) is 186 Å². The molecule has 12 nitrogen and oxygen atoms in total. The molecule has 1 heterocycles. The normalized spacial score (nSPS) is 21.3. The average molecular weight is 789 g/mol. The molecule has 0 aromatic heterocycles. The van der Waals surface area contributed by atoms with Crippen molar-refractivity contribution in [3.8, 4) is 0 Å². The third kappa shape index (κ3) is 26.6. The zero-order valence-electron chi connectivity index (χ0n) is 33.1. The third-order valence-electron chi connectivity index (χ3n) is 9.19. The molecule has 1 aliphatic rings. The Morgan fingerprint density at radius 1 is 0.630 bits per heavy atom. The van der Waals surface area contributed by atoms with E-state index in [-0.39, 0.29) is 19.4 Å². The maximum Gasteiger partial charge on any atom is 0.306 e. The van der Waals surface area contributed by atoms with E-state index < -0.39 is 71.2 Å². The molecule has 0 bridgehead atoms. The molecule has 54 heavy (non-hydrogen) atoms. The van der Waals surface area contributed by atoms with Gasteiger partial charge >= 0.3 is 11.9 Å².